The Morgan fingerprint density at radius 3 is 2.42 bits per heavy atom. The highest BCUT2D eigenvalue weighted by Gasteiger charge is 2.35. The third-order valence-corrected chi connectivity index (χ3v) is 3.57. The van der Waals surface area contributed by atoms with Gasteiger partial charge in [0.1, 0.15) is 0 Å². The maximum absolute atomic E-state index is 11.9. The van der Waals surface area contributed by atoms with Crippen LogP contribution in [0, 0.1) is 5.92 Å². The van der Waals surface area contributed by atoms with E-state index in [2.05, 4.69) is 17.1 Å². The predicted octanol–water partition coefficient (Wildman–Crippen LogP) is -0.586. The number of rotatable bonds is 4. The molecule has 1 fully saturated rings. The van der Waals surface area contributed by atoms with Gasteiger partial charge < -0.3 is 25.3 Å². The molecule has 0 saturated carbocycles. The molecule has 1 aliphatic heterocycles. The topological polar surface area (TPSA) is 93.1 Å². The van der Waals surface area contributed by atoms with Crippen molar-refractivity contribution >= 4 is 12.0 Å². The number of aliphatic carboxylic acids is 1. The number of likely N-dealkylation sites (tertiary alicyclic amines) is 1. The van der Waals surface area contributed by atoms with Crippen molar-refractivity contribution < 1.29 is 19.8 Å². The van der Waals surface area contributed by atoms with Crippen LogP contribution in [0.25, 0.3) is 0 Å². The van der Waals surface area contributed by atoms with Crippen molar-refractivity contribution in [1.29, 1.82) is 0 Å². The second-order valence-electron chi connectivity index (χ2n) is 5.65. The van der Waals surface area contributed by atoms with Crippen LogP contribution in [-0.2, 0) is 4.79 Å². The van der Waals surface area contributed by atoms with Gasteiger partial charge in [-0.3, -0.25) is 0 Å². The van der Waals surface area contributed by atoms with E-state index in [1.54, 1.807) is 4.90 Å². The molecule has 1 saturated heterocycles. The molecule has 19 heavy (non-hydrogen) atoms. The number of likely N-dealkylation sites (N-methyl/N-ethyl adjacent to an activating group) is 1. The summed E-state index contributed by atoms with van der Waals surface area (Å²) in [6.45, 7) is 4.16. The van der Waals surface area contributed by atoms with Gasteiger partial charge in [-0.25, -0.2) is 9.59 Å². The van der Waals surface area contributed by atoms with Crippen LogP contribution in [0.3, 0.4) is 0 Å². The molecule has 1 aliphatic rings. The predicted molar refractivity (Wildman–Crippen MR) is 69.9 cm³/mol. The van der Waals surface area contributed by atoms with Gasteiger partial charge in [-0.15, -0.1) is 0 Å². The van der Waals surface area contributed by atoms with Gasteiger partial charge in [0, 0.05) is 19.1 Å². The number of aliphatic hydroxyl groups is 1. The van der Waals surface area contributed by atoms with Gasteiger partial charge in [-0.1, -0.05) is 6.92 Å². The Hall–Kier alpha value is -1.34. The number of carboxylic acids is 1. The summed E-state index contributed by atoms with van der Waals surface area (Å²) in [6, 6.07) is -0.0385. The zero-order chi connectivity index (χ0) is 14.8. The van der Waals surface area contributed by atoms with Gasteiger partial charge in [-0.05, 0) is 26.9 Å². The van der Waals surface area contributed by atoms with Crippen LogP contribution in [0.5, 0.6) is 0 Å². The van der Waals surface area contributed by atoms with Crippen LogP contribution < -0.4 is 5.32 Å². The molecule has 0 bridgehead atoms. The highest BCUT2D eigenvalue weighted by Crippen LogP contribution is 2.19. The Morgan fingerprint density at radius 2 is 2.00 bits per heavy atom. The SMILES string of the molecule is CC1CN(C(=O)NCC(C)(O)C(=O)O)CC1N(C)C. The van der Waals surface area contributed by atoms with Gasteiger partial charge in [0.25, 0.3) is 0 Å². The molecule has 1 rings (SSSR count). The quantitative estimate of drug-likeness (QED) is 0.637. The van der Waals surface area contributed by atoms with Crippen molar-refractivity contribution in [2.75, 3.05) is 33.7 Å². The molecule has 7 nitrogen and oxygen atoms in total. The van der Waals surface area contributed by atoms with Crippen molar-refractivity contribution in [2.24, 2.45) is 5.92 Å². The molecule has 110 valence electrons. The molecular formula is C12H23N3O4. The van der Waals surface area contributed by atoms with Crippen LogP contribution in [0.1, 0.15) is 13.8 Å². The average Bonchev–Trinajstić information content (AvgIpc) is 2.68. The first kappa shape index (κ1) is 15.7. The minimum absolute atomic E-state index is 0.297. The maximum atomic E-state index is 11.9. The Kier molecular flexibility index (Phi) is 4.75. The van der Waals surface area contributed by atoms with E-state index in [-0.39, 0.29) is 12.6 Å². The minimum atomic E-state index is -1.94. The van der Waals surface area contributed by atoms with E-state index in [0.29, 0.717) is 25.0 Å². The molecule has 0 aliphatic carbocycles. The first-order chi connectivity index (χ1) is 8.65. The fraction of sp³-hybridized carbons (Fsp3) is 0.833. The Bertz CT molecular complexity index is 357. The number of carbonyl (C=O) groups is 2. The molecule has 0 aromatic carbocycles. The Morgan fingerprint density at radius 1 is 1.42 bits per heavy atom. The zero-order valence-electron chi connectivity index (χ0n) is 11.9. The summed E-state index contributed by atoms with van der Waals surface area (Å²) < 4.78 is 0. The molecule has 3 N–H and O–H groups in total. The lowest BCUT2D eigenvalue weighted by Crippen LogP contribution is -2.50. The van der Waals surface area contributed by atoms with Crippen molar-refractivity contribution in [2.45, 2.75) is 25.5 Å². The van der Waals surface area contributed by atoms with E-state index in [1.165, 1.54) is 0 Å². The number of nitrogens with one attached hydrogen (secondary N) is 1. The largest absolute Gasteiger partial charge is 0.479 e. The molecule has 3 unspecified atom stereocenters. The second-order valence-corrected chi connectivity index (χ2v) is 5.65. The minimum Gasteiger partial charge on any atom is -0.479 e. The van der Waals surface area contributed by atoms with Crippen molar-refractivity contribution in [3.63, 3.8) is 0 Å². The fourth-order valence-electron chi connectivity index (χ4n) is 2.22. The summed E-state index contributed by atoms with van der Waals surface area (Å²) >= 11 is 0. The summed E-state index contributed by atoms with van der Waals surface area (Å²) in [5, 5.41) is 20.8. The summed E-state index contributed by atoms with van der Waals surface area (Å²) in [4.78, 5) is 26.4. The van der Waals surface area contributed by atoms with E-state index < -0.39 is 11.6 Å². The van der Waals surface area contributed by atoms with E-state index in [1.807, 2.05) is 14.1 Å². The average molecular weight is 273 g/mol. The monoisotopic (exact) mass is 273 g/mol. The van der Waals surface area contributed by atoms with Gasteiger partial charge in [-0.2, -0.15) is 0 Å². The van der Waals surface area contributed by atoms with Gasteiger partial charge in [0.2, 0.25) is 0 Å². The summed E-state index contributed by atoms with van der Waals surface area (Å²) in [7, 11) is 3.94. The molecule has 2 amide bonds. The lowest BCUT2D eigenvalue weighted by Gasteiger charge is -2.23. The first-order valence-electron chi connectivity index (χ1n) is 6.30. The zero-order valence-corrected chi connectivity index (χ0v) is 11.9. The van der Waals surface area contributed by atoms with E-state index in [9.17, 15) is 14.7 Å². The third kappa shape index (κ3) is 3.81. The van der Waals surface area contributed by atoms with Crippen LogP contribution in [0.4, 0.5) is 4.79 Å². The normalized spacial score (nSPS) is 26.3. The Labute approximate surface area is 113 Å². The van der Waals surface area contributed by atoms with Crippen LogP contribution in [0.15, 0.2) is 0 Å². The van der Waals surface area contributed by atoms with Crippen molar-refractivity contribution in [1.82, 2.24) is 15.1 Å². The van der Waals surface area contributed by atoms with Crippen LogP contribution in [-0.4, -0.2) is 77.4 Å². The van der Waals surface area contributed by atoms with Crippen LogP contribution >= 0.6 is 0 Å². The molecule has 0 radical (unpaired) electrons. The number of carbonyl (C=O) groups excluding carboxylic acids is 1. The second kappa shape index (κ2) is 5.75. The number of nitrogens with zero attached hydrogens (tertiary/aromatic N) is 2. The standard InChI is InChI=1S/C12H23N3O4/c1-8-5-15(6-9(8)14(3)4)11(18)13-7-12(2,19)10(16)17/h8-9,19H,5-7H2,1-4H3,(H,13,18)(H,16,17). The lowest BCUT2D eigenvalue weighted by atomic mass is 10.1. The molecule has 0 spiro atoms. The molecule has 7 heteroatoms. The van der Waals surface area contributed by atoms with Crippen molar-refractivity contribution in [3.8, 4) is 0 Å². The molecule has 0 aromatic heterocycles. The highest BCUT2D eigenvalue weighted by molar-refractivity contribution is 5.79. The number of carboxylic acid groups (broad SMARTS) is 1. The highest BCUT2D eigenvalue weighted by atomic mass is 16.4. The lowest BCUT2D eigenvalue weighted by molar-refractivity contribution is -0.155. The van der Waals surface area contributed by atoms with Gasteiger partial charge >= 0.3 is 12.0 Å². The van der Waals surface area contributed by atoms with Gasteiger partial charge in [0.05, 0.1) is 6.54 Å². The number of hydrogen-bond acceptors (Lipinski definition) is 4. The molecule has 3 atom stereocenters. The van der Waals surface area contributed by atoms with E-state index >= 15 is 0 Å². The Balaban J connectivity index is 2.50. The van der Waals surface area contributed by atoms with E-state index in [4.69, 9.17) is 5.11 Å². The maximum Gasteiger partial charge on any atom is 0.337 e. The summed E-state index contributed by atoms with van der Waals surface area (Å²) in [5.41, 5.74) is -1.94. The summed E-state index contributed by atoms with van der Waals surface area (Å²) in [5.74, 6) is -0.991. The third-order valence-electron chi connectivity index (χ3n) is 3.57. The fourth-order valence-corrected chi connectivity index (χ4v) is 2.22. The van der Waals surface area contributed by atoms with Gasteiger partial charge in [0.15, 0.2) is 5.60 Å². The number of hydrogen-bond donors (Lipinski definition) is 3. The molecule has 1 heterocycles. The summed E-state index contributed by atoms with van der Waals surface area (Å²) in [6.07, 6.45) is 0. The van der Waals surface area contributed by atoms with Crippen LogP contribution in [0.2, 0.25) is 0 Å². The first-order valence-corrected chi connectivity index (χ1v) is 6.30. The smallest absolute Gasteiger partial charge is 0.337 e. The van der Waals surface area contributed by atoms with Crippen molar-refractivity contribution in [3.05, 3.63) is 0 Å². The number of urea groups is 1. The molecular weight excluding hydrogens is 250 g/mol. The number of amides is 2. The van der Waals surface area contributed by atoms with E-state index in [0.717, 1.165) is 6.92 Å². The molecule has 0 aromatic rings.